The Labute approximate surface area is 133 Å². The van der Waals surface area contributed by atoms with Gasteiger partial charge in [-0.05, 0) is 30.4 Å². The van der Waals surface area contributed by atoms with Gasteiger partial charge in [-0.25, -0.2) is 9.88 Å². The van der Waals surface area contributed by atoms with E-state index in [2.05, 4.69) is 36.8 Å². The maximum Gasteiger partial charge on any atom is 0.239 e. The van der Waals surface area contributed by atoms with Gasteiger partial charge in [0.05, 0.1) is 11.8 Å². The molecule has 0 spiro atoms. The van der Waals surface area contributed by atoms with Gasteiger partial charge in [0, 0.05) is 15.9 Å². The molecule has 2 bridgehead atoms. The van der Waals surface area contributed by atoms with Crippen LogP contribution < -0.4 is 4.90 Å². The predicted octanol–water partition coefficient (Wildman–Crippen LogP) is 2.36. The second-order valence-corrected chi connectivity index (χ2v) is 7.82. The van der Waals surface area contributed by atoms with E-state index in [1.807, 2.05) is 0 Å². The highest BCUT2D eigenvalue weighted by Gasteiger charge is 2.66. The van der Waals surface area contributed by atoms with E-state index in [0.717, 1.165) is 6.42 Å². The average Bonchev–Trinajstić information content (AvgIpc) is 3.05. The van der Waals surface area contributed by atoms with E-state index in [1.54, 1.807) is 24.4 Å². The number of hydrogen-bond acceptors (Lipinski definition) is 3. The Hall–Kier alpha value is -0.750. The number of rotatable bonds is 1. The molecule has 2 aliphatic carbocycles. The molecule has 0 N–H and O–H groups in total. The van der Waals surface area contributed by atoms with Crippen molar-refractivity contribution in [1.29, 1.82) is 0 Å². The molecule has 20 heavy (non-hydrogen) atoms. The number of aromatic nitrogens is 1. The van der Waals surface area contributed by atoms with Crippen molar-refractivity contribution >= 4 is 49.5 Å². The van der Waals surface area contributed by atoms with Crippen LogP contribution in [0.1, 0.15) is 6.42 Å². The van der Waals surface area contributed by atoms with Crippen molar-refractivity contribution in [2.75, 3.05) is 4.90 Å². The normalized spacial score (nSPS) is 42.4. The first-order valence-electron chi connectivity index (χ1n) is 6.68. The summed E-state index contributed by atoms with van der Waals surface area (Å²) >= 11 is 7.35. The Balaban J connectivity index is 1.75. The van der Waals surface area contributed by atoms with Crippen molar-refractivity contribution in [3.63, 3.8) is 0 Å². The number of amides is 2. The van der Waals surface area contributed by atoms with Crippen LogP contribution in [0, 0.1) is 23.7 Å². The molecule has 2 heterocycles. The van der Waals surface area contributed by atoms with E-state index < -0.39 is 0 Å². The van der Waals surface area contributed by atoms with Crippen molar-refractivity contribution in [1.82, 2.24) is 4.98 Å². The summed E-state index contributed by atoms with van der Waals surface area (Å²) in [5, 5.41) is 0. The van der Waals surface area contributed by atoms with Gasteiger partial charge in [-0.3, -0.25) is 9.59 Å². The summed E-state index contributed by atoms with van der Waals surface area (Å²) in [6, 6.07) is 5.30. The molecule has 1 saturated heterocycles. The molecule has 3 fully saturated rings. The van der Waals surface area contributed by atoms with E-state index in [1.165, 1.54) is 4.90 Å². The average molecular weight is 400 g/mol. The quantitative estimate of drug-likeness (QED) is 0.538. The fraction of sp³-hybridized carbons (Fsp3) is 0.500. The zero-order chi connectivity index (χ0) is 14.0. The summed E-state index contributed by atoms with van der Waals surface area (Å²) in [6.45, 7) is 0. The van der Waals surface area contributed by atoms with Crippen molar-refractivity contribution in [2.45, 2.75) is 16.1 Å². The lowest BCUT2D eigenvalue weighted by atomic mass is 9.81. The third-order valence-corrected chi connectivity index (χ3v) is 8.07. The van der Waals surface area contributed by atoms with Crippen LogP contribution in [0.5, 0.6) is 0 Å². The third-order valence-electron chi connectivity index (χ3n) is 4.87. The SMILES string of the molecule is O=C1[C@@H]2[C@H]3C[C@@H]([C@@H](Br)[C@H]3Br)[C@H]2C(=O)N1c1ccccn1. The van der Waals surface area contributed by atoms with Gasteiger partial charge < -0.3 is 0 Å². The summed E-state index contributed by atoms with van der Waals surface area (Å²) in [5.41, 5.74) is 0. The largest absolute Gasteiger partial charge is 0.274 e. The Kier molecular flexibility index (Phi) is 2.83. The van der Waals surface area contributed by atoms with Gasteiger partial charge in [-0.2, -0.15) is 0 Å². The smallest absolute Gasteiger partial charge is 0.239 e. The number of carbonyl (C=O) groups is 2. The van der Waals surface area contributed by atoms with E-state index >= 15 is 0 Å². The van der Waals surface area contributed by atoms with Crippen LogP contribution in [0.15, 0.2) is 24.4 Å². The van der Waals surface area contributed by atoms with Crippen LogP contribution in [-0.2, 0) is 9.59 Å². The first kappa shape index (κ1) is 13.0. The Morgan fingerprint density at radius 2 is 1.65 bits per heavy atom. The standard InChI is InChI=1S/C14H12Br2N2O2/c15-11-6-5-7(12(11)16)10-9(6)13(19)18(14(10)20)8-3-1-2-4-17-8/h1-4,6-7,9-12H,5H2/t6-,7-,9-,10-,11-,12+/m1/s1. The zero-order valence-electron chi connectivity index (χ0n) is 10.4. The summed E-state index contributed by atoms with van der Waals surface area (Å²) in [5.74, 6) is 0.457. The van der Waals surface area contributed by atoms with Crippen LogP contribution in [0.4, 0.5) is 5.82 Å². The van der Waals surface area contributed by atoms with E-state index in [4.69, 9.17) is 0 Å². The van der Waals surface area contributed by atoms with Crippen LogP contribution in [0.25, 0.3) is 0 Å². The minimum Gasteiger partial charge on any atom is -0.274 e. The molecule has 4 nitrogen and oxygen atoms in total. The summed E-state index contributed by atoms with van der Waals surface area (Å²) in [7, 11) is 0. The van der Waals surface area contributed by atoms with Gasteiger partial charge >= 0.3 is 0 Å². The van der Waals surface area contributed by atoms with E-state index in [9.17, 15) is 9.59 Å². The second-order valence-electron chi connectivity index (χ2n) is 5.70. The van der Waals surface area contributed by atoms with E-state index in [-0.39, 0.29) is 45.1 Å². The molecule has 104 valence electrons. The lowest BCUT2D eigenvalue weighted by Crippen LogP contribution is -2.37. The molecule has 0 unspecified atom stereocenters. The van der Waals surface area contributed by atoms with Crippen molar-refractivity contribution in [3.8, 4) is 0 Å². The van der Waals surface area contributed by atoms with Crippen LogP contribution in [-0.4, -0.2) is 26.5 Å². The van der Waals surface area contributed by atoms with Gasteiger partial charge in [-0.15, -0.1) is 0 Å². The molecule has 0 aromatic carbocycles. The number of halogens is 2. The van der Waals surface area contributed by atoms with Gasteiger partial charge in [-0.1, -0.05) is 37.9 Å². The molecular weight excluding hydrogens is 388 g/mol. The first-order valence-corrected chi connectivity index (χ1v) is 8.51. The number of fused-ring (bicyclic) bond motifs is 5. The number of nitrogens with zero attached hydrogens (tertiary/aromatic N) is 2. The predicted molar refractivity (Wildman–Crippen MR) is 80.7 cm³/mol. The highest BCUT2D eigenvalue weighted by atomic mass is 79.9. The fourth-order valence-electron chi connectivity index (χ4n) is 4.06. The molecule has 1 aliphatic heterocycles. The Morgan fingerprint density at radius 1 is 1.05 bits per heavy atom. The van der Waals surface area contributed by atoms with Crippen LogP contribution in [0.2, 0.25) is 0 Å². The summed E-state index contributed by atoms with van der Waals surface area (Å²) in [4.78, 5) is 31.3. The highest BCUT2D eigenvalue weighted by molar-refractivity contribution is 9.12. The summed E-state index contributed by atoms with van der Waals surface area (Å²) in [6.07, 6.45) is 2.56. The number of alkyl halides is 2. The molecule has 6 atom stereocenters. The molecule has 3 aliphatic rings. The van der Waals surface area contributed by atoms with Gasteiger partial charge in [0.1, 0.15) is 5.82 Å². The maximum atomic E-state index is 12.7. The molecule has 0 radical (unpaired) electrons. The number of imide groups is 1. The third kappa shape index (κ3) is 1.49. The summed E-state index contributed by atoms with van der Waals surface area (Å²) < 4.78 is 0. The highest BCUT2D eigenvalue weighted by Crippen LogP contribution is 2.60. The number of anilines is 1. The second kappa shape index (κ2) is 4.37. The van der Waals surface area contributed by atoms with Crippen molar-refractivity contribution < 1.29 is 9.59 Å². The van der Waals surface area contributed by atoms with E-state index in [0.29, 0.717) is 5.82 Å². The van der Waals surface area contributed by atoms with Crippen LogP contribution in [0.3, 0.4) is 0 Å². The molecule has 2 amide bonds. The molecule has 4 rings (SSSR count). The first-order chi connectivity index (χ1) is 9.61. The van der Waals surface area contributed by atoms with Gasteiger partial charge in [0.15, 0.2) is 0 Å². The molecule has 2 saturated carbocycles. The molecular formula is C14H12Br2N2O2. The Morgan fingerprint density at radius 3 is 2.15 bits per heavy atom. The molecule has 6 heteroatoms. The zero-order valence-corrected chi connectivity index (χ0v) is 13.6. The number of hydrogen-bond donors (Lipinski definition) is 0. The van der Waals surface area contributed by atoms with Crippen LogP contribution >= 0.6 is 31.9 Å². The lowest BCUT2D eigenvalue weighted by molar-refractivity contribution is -0.123. The van der Waals surface area contributed by atoms with Crippen molar-refractivity contribution in [2.24, 2.45) is 23.7 Å². The van der Waals surface area contributed by atoms with Gasteiger partial charge in [0.2, 0.25) is 11.8 Å². The molecule has 1 aromatic rings. The lowest BCUT2D eigenvalue weighted by Gasteiger charge is -2.28. The minimum absolute atomic E-state index is 0.0740. The monoisotopic (exact) mass is 398 g/mol. The molecule has 1 aromatic heterocycles. The van der Waals surface area contributed by atoms with Gasteiger partial charge in [0.25, 0.3) is 0 Å². The number of pyridine rings is 1. The topological polar surface area (TPSA) is 50.3 Å². The minimum atomic E-state index is -0.173. The van der Waals surface area contributed by atoms with Crippen molar-refractivity contribution in [3.05, 3.63) is 24.4 Å². The maximum absolute atomic E-state index is 12.7. The fourth-order valence-corrected chi connectivity index (χ4v) is 5.93. The number of carbonyl (C=O) groups excluding carboxylic acids is 2. The Bertz CT molecular complexity index is 562.